The molecule has 5 atom stereocenters. The molecule has 1 heterocycles. The molecule has 2 nitrogen and oxygen atoms in total. The summed E-state index contributed by atoms with van der Waals surface area (Å²) in [6.07, 6.45) is 5.65. The molecule has 290 valence electrons. The fourth-order valence-corrected chi connectivity index (χ4v) is 12.1. The fourth-order valence-electron chi connectivity index (χ4n) is 12.1. The van der Waals surface area contributed by atoms with E-state index in [-0.39, 0.29) is 0 Å². The monoisotopic (exact) mass is 772 g/mol. The van der Waals surface area contributed by atoms with E-state index < -0.39 is 0 Å². The average molecular weight is 773 g/mol. The van der Waals surface area contributed by atoms with E-state index in [1.165, 1.54) is 92.2 Å². The van der Waals surface area contributed by atoms with E-state index >= 15 is 0 Å². The van der Waals surface area contributed by atoms with Crippen LogP contribution in [0.3, 0.4) is 0 Å². The summed E-state index contributed by atoms with van der Waals surface area (Å²) in [5.41, 5.74) is 16.4. The van der Waals surface area contributed by atoms with Crippen molar-refractivity contribution in [1.82, 2.24) is 4.57 Å². The minimum atomic E-state index is 0.397. The number of hydrogen-bond donors (Lipinski definition) is 0. The van der Waals surface area contributed by atoms with Crippen molar-refractivity contribution in [1.29, 1.82) is 0 Å². The molecule has 0 spiro atoms. The third kappa shape index (κ3) is 5.69. The summed E-state index contributed by atoms with van der Waals surface area (Å²) in [6, 6.07) is 74.0. The van der Waals surface area contributed by atoms with Crippen molar-refractivity contribution in [3.05, 3.63) is 206 Å². The SMILES string of the molecule is C[C@H]1CC2C[C@H]3C[C@](c4ccc(N(c5ccc(-c6ccc(-c7cccc(-n8c9ccccc9c9ccccc98)c7)cc6)cc5)c5cccc(-c6ccccc6)c5)cc4)(C1)C23. The van der Waals surface area contributed by atoms with Gasteiger partial charge in [0, 0.05) is 33.5 Å². The summed E-state index contributed by atoms with van der Waals surface area (Å²) >= 11 is 0. The van der Waals surface area contributed by atoms with Crippen LogP contribution < -0.4 is 4.90 Å². The minimum absolute atomic E-state index is 0.397. The van der Waals surface area contributed by atoms with Gasteiger partial charge in [0.1, 0.15) is 0 Å². The van der Waals surface area contributed by atoms with E-state index in [0.29, 0.717) is 5.41 Å². The smallest absolute Gasteiger partial charge is 0.0541 e. The average Bonchev–Trinajstić information content (AvgIpc) is 3.63. The lowest BCUT2D eigenvalue weighted by Crippen LogP contribution is -2.65. The molecular formula is C58H48N2. The molecule has 0 bridgehead atoms. The molecular weight excluding hydrogens is 725 g/mol. The summed E-state index contributed by atoms with van der Waals surface area (Å²) in [7, 11) is 0. The highest BCUT2D eigenvalue weighted by molar-refractivity contribution is 6.09. The molecule has 0 radical (unpaired) electrons. The molecule has 0 aliphatic heterocycles. The lowest BCUT2D eigenvalue weighted by molar-refractivity contribution is -0.159. The Hall–Kier alpha value is -6.64. The Labute approximate surface area is 353 Å². The van der Waals surface area contributed by atoms with Crippen molar-refractivity contribution in [2.45, 2.75) is 38.0 Å². The van der Waals surface area contributed by atoms with Crippen LogP contribution in [0.1, 0.15) is 38.2 Å². The van der Waals surface area contributed by atoms with Crippen LogP contribution in [0.2, 0.25) is 0 Å². The molecule has 3 aliphatic carbocycles. The highest BCUT2D eigenvalue weighted by Gasteiger charge is 2.65. The number of aromatic nitrogens is 1. The molecule has 12 rings (SSSR count). The van der Waals surface area contributed by atoms with Crippen molar-refractivity contribution in [2.24, 2.45) is 23.7 Å². The molecule has 0 N–H and O–H groups in total. The summed E-state index contributed by atoms with van der Waals surface area (Å²) in [4.78, 5) is 2.43. The van der Waals surface area contributed by atoms with Crippen LogP contribution in [0.15, 0.2) is 200 Å². The maximum absolute atomic E-state index is 2.49. The van der Waals surface area contributed by atoms with E-state index in [9.17, 15) is 0 Å². The molecule has 2 unspecified atom stereocenters. The number of rotatable bonds is 8. The lowest BCUT2D eigenvalue weighted by Gasteiger charge is -2.70. The van der Waals surface area contributed by atoms with Crippen molar-refractivity contribution in [3.63, 3.8) is 0 Å². The van der Waals surface area contributed by atoms with Gasteiger partial charge in [0.2, 0.25) is 0 Å². The van der Waals surface area contributed by atoms with Crippen molar-refractivity contribution in [2.75, 3.05) is 4.90 Å². The van der Waals surface area contributed by atoms with Crippen molar-refractivity contribution in [3.8, 4) is 39.1 Å². The number of benzene rings is 8. The van der Waals surface area contributed by atoms with Crippen LogP contribution in [-0.4, -0.2) is 4.57 Å². The van der Waals surface area contributed by atoms with Crippen LogP contribution in [0.5, 0.6) is 0 Å². The summed E-state index contributed by atoms with van der Waals surface area (Å²) in [6.45, 7) is 2.49. The van der Waals surface area contributed by atoms with Crippen molar-refractivity contribution < 1.29 is 0 Å². The lowest BCUT2D eigenvalue weighted by atomic mass is 9.34. The molecule has 1 aromatic heterocycles. The maximum Gasteiger partial charge on any atom is 0.0541 e. The van der Waals surface area contributed by atoms with E-state index in [1.807, 2.05) is 0 Å². The molecule has 60 heavy (non-hydrogen) atoms. The van der Waals surface area contributed by atoms with Gasteiger partial charge in [-0.3, -0.25) is 0 Å². The maximum atomic E-state index is 2.49. The quantitative estimate of drug-likeness (QED) is 0.149. The Balaban J connectivity index is 0.858. The Kier molecular flexibility index (Phi) is 8.23. The third-order valence-electron chi connectivity index (χ3n) is 14.6. The van der Waals surface area contributed by atoms with E-state index in [1.54, 1.807) is 5.56 Å². The fraction of sp³-hybridized carbons (Fsp3) is 0.172. The van der Waals surface area contributed by atoms with Gasteiger partial charge in [-0.05, 0) is 154 Å². The molecule has 3 aliphatic rings. The summed E-state index contributed by atoms with van der Waals surface area (Å²) < 4.78 is 2.39. The highest BCUT2D eigenvalue weighted by Crippen LogP contribution is 2.71. The first-order chi connectivity index (χ1) is 29.6. The first kappa shape index (κ1) is 35.3. The van der Waals surface area contributed by atoms with Gasteiger partial charge >= 0.3 is 0 Å². The minimum Gasteiger partial charge on any atom is -0.310 e. The van der Waals surface area contributed by atoms with E-state index in [4.69, 9.17) is 0 Å². The second-order valence-electron chi connectivity index (χ2n) is 18.0. The number of nitrogens with zero attached hydrogens (tertiary/aromatic N) is 2. The van der Waals surface area contributed by atoms with Crippen LogP contribution in [-0.2, 0) is 5.41 Å². The number of hydrogen-bond acceptors (Lipinski definition) is 1. The van der Waals surface area contributed by atoms with E-state index in [2.05, 4.69) is 217 Å². The first-order valence-electron chi connectivity index (χ1n) is 22.0. The van der Waals surface area contributed by atoms with Crippen LogP contribution in [0.4, 0.5) is 17.1 Å². The molecule has 2 heteroatoms. The molecule has 3 fully saturated rings. The van der Waals surface area contributed by atoms with Gasteiger partial charge in [0.25, 0.3) is 0 Å². The van der Waals surface area contributed by atoms with Gasteiger partial charge < -0.3 is 9.47 Å². The van der Waals surface area contributed by atoms with Gasteiger partial charge in [-0.2, -0.15) is 0 Å². The zero-order valence-electron chi connectivity index (χ0n) is 34.1. The van der Waals surface area contributed by atoms with Crippen LogP contribution >= 0.6 is 0 Å². The normalized spacial score (nSPS) is 21.6. The Morgan fingerprint density at radius 1 is 0.433 bits per heavy atom. The first-order valence-corrected chi connectivity index (χ1v) is 22.0. The van der Waals surface area contributed by atoms with Crippen molar-refractivity contribution >= 4 is 38.9 Å². The Morgan fingerprint density at radius 2 is 0.967 bits per heavy atom. The largest absolute Gasteiger partial charge is 0.310 e. The molecule has 3 saturated carbocycles. The number of anilines is 3. The predicted molar refractivity (Wildman–Crippen MR) is 252 cm³/mol. The van der Waals surface area contributed by atoms with Gasteiger partial charge in [-0.15, -0.1) is 0 Å². The second-order valence-corrected chi connectivity index (χ2v) is 18.0. The van der Waals surface area contributed by atoms with Gasteiger partial charge in [-0.25, -0.2) is 0 Å². The summed E-state index contributed by atoms with van der Waals surface area (Å²) in [5, 5.41) is 2.56. The molecule has 8 aromatic carbocycles. The highest BCUT2D eigenvalue weighted by atomic mass is 15.1. The molecule has 0 saturated heterocycles. The number of fused-ring (bicyclic) bond motifs is 3. The standard InChI is InChI=1S/C58H48N2/c1-39-33-46-34-47-38-58(37-39,57(46)47)48-27-31-50(32-28-48)59(51-15-9-13-44(35-51)40-11-3-2-4-12-40)49-29-25-42(26-30-49)41-21-23-43(24-22-41)45-14-10-16-52(36-45)60-55-19-7-5-17-53(55)54-18-6-8-20-56(54)60/h2-32,35-36,39,46-47,57H,33-34,37-38H2,1H3/t39-,46?,47-,57?,58-/m0/s1. The molecule has 0 amide bonds. The summed E-state index contributed by atoms with van der Waals surface area (Å²) in [5.74, 6) is 3.65. The molecule has 9 aromatic rings. The zero-order chi connectivity index (χ0) is 39.8. The zero-order valence-corrected chi connectivity index (χ0v) is 34.1. The second kappa shape index (κ2) is 14.0. The Morgan fingerprint density at radius 3 is 1.63 bits per heavy atom. The van der Waals surface area contributed by atoms with Gasteiger partial charge in [0.05, 0.1) is 11.0 Å². The van der Waals surface area contributed by atoms with Gasteiger partial charge in [0.15, 0.2) is 0 Å². The van der Waals surface area contributed by atoms with Gasteiger partial charge in [-0.1, -0.05) is 146 Å². The predicted octanol–water partition coefficient (Wildman–Crippen LogP) is 15.6. The van der Waals surface area contributed by atoms with Crippen LogP contribution in [0.25, 0.3) is 60.9 Å². The third-order valence-corrected chi connectivity index (χ3v) is 14.6. The Bertz CT molecular complexity index is 2960. The topological polar surface area (TPSA) is 8.17 Å². The van der Waals surface area contributed by atoms with Crippen LogP contribution in [0, 0.1) is 23.7 Å². The number of para-hydroxylation sites is 2. The van der Waals surface area contributed by atoms with E-state index in [0.717, 1.165) is 35.0 Å².